The van der Waals surface area contributed by atoms with Crippen LogP contribution in [0.2, 0.25) is 0 Å². The van der Waals surface area contributed by atoms with Crippen molar-refractivity contribution in [1.29, 1.82) is 0 Å². The van der Waals surface area contributed by atoms with Gasteiger partial charge in [0.2, 0.25) is 6.08 Å². The third kappa shape index (κ3) is 3.02. The lowest BCUT2D eigenvalue weighted by molar-refractivity contribution is -0.119. The monoisotopic (exact) mass is 231 g/mol. The molecule has 0 heterocycles. The van der Waals surface area contributed by atoms with E-state index < -0.39 is 5.91 Å². The molecule has 4 nitrogen and oxygen atoms in total. The Bertz CT molecular complexity index is 476. The molecule has 0 saturated carbocycles. The lowest BCUT2D eigenvalue weighted by atomic mass is 9.92. The minimum atomic E-state index is -0.613. The van der Waals surface area contributed by atoms with Crippen LogP contribution in [-0.4, -0.2) is 18.6 Å². The number of nitrogens with zero attached hydrogens (tertiary/aromatic N) is 1. The van der Waals surface area contributed by atoms with E-state index >= 15 is 0 Å². The summed E-state index contributed by atoms with van der Waals surface area (Å²) in [5.41, 5.74) is 2.65. The highest BCUT2D eigenvalue weighted by Gasteiger charge is 2.10. The Kier molecular flexibility index (Phi) is 3.68. The molecule has 0 atom stereocenters. The molecular formula is C13H13NO3. The molecule has 0 radical (unpaired) electrons. The van der Waals surface area contributed by atoms with Crippen molar-refractivity contribution in [2.24, 2.45) is 4.99 Å². The predicted molar refractivity (Wildman–Crippen MR) is 61.7 cm³/mol. The lowest BCUT2D eigenvalue weighted by Crippen LogP contribution is -2.09. The molecule has 0 aliphatic heterocycles. The van der Waals surface area contributed by atoms with Gasteiger partial charge in [-0.05, 0) is 48.9 Å². The Hall–Kier alpha value is -1.93. The van der Waals surface area contributed by atoms with Gasteiger partial charge >= 0.3 is 0 Å². The summed E-state index contributed by atoms with van der Waals surface area (Å²) in [5.74, 6) is 0.0396. The van der Waals surface area contributed by atoms with Gasteiger partial charge < -0.3 is 4.74 Å². The van der Waals surface area contributed by atoms with Crippen molar-refractivity contribution >= 4 is 12.0 Å². The number of aryl methyl sites for hydroxylation is 2. The van der Waals surface area contributed by atoms with E-state index in [1.165, 1.54) is 30.0 Å². The number of carbonyl (C=O) groups is 1. The molecule has 1 aliphatic carbocycles. The Balaban J connectivity index is 2.02. The molecule has 0 spiro atoms. The molecular weight excluding hydrogens is 218 g/mol. The van der Waals surface area contributed by atoms with Gasteiger partial charge in [0.1, 0.15) is 5.75 Å². The van der Waals surface area contributed by atoms with Crippen LogP contribution in [0.1, 0.15) is 24.0 Å². The van der Waals surface area contributed by atoms with Crippen molar-refractivity contribution in [2.45, 2.75) is 25.7 Å². The smallest absolute Gasteiger partial charge is 0.294 e. The van der Waals surface area contributed by atoms with Crippen LogP contribution in [0.5, 0.6) is 5.75 Å². The maximum Gasteiger partial charge on any atom is 0.294 e. The van der Waals surface area contributed by atoms with E-state index in [1.54, 1.807) is 0 Å². The van der Waals surface area contributed by atoms with Gasteiger partial charge in [0.25, 0.3) is 5.91 Å². The summed E-state index contributed by atoms with van der Waals surface area (Å²) in [6.45, 7) is -0.214. The van der Waals surface area contributed by atoms with Crippen LogP contribution in [0.4, 0.5) is 0 Å². The Morgan fingerprint density at radius 2 is 2.06 bits per heavy atom. The second-order valence-corrected chi connectivity index (χ2v) is 4.02. The molecule has 0 bridgehead atoms. The summed E-state index contributed by atoms with van der Waals surface area (Å²) in [6, 6.07) is 5.85. The first-order valence-corrected chi connectivity index (χ1v) is 5.65. The van der Waals surface area contributed by atoms with Gasteiger partial charge in [-0.3, -0.25) is 4.79 Å². The molecule has 0 unspecified atom stereocenters. The van der Waals surface area contributed by atoms with Gasteiger partial charge in [0, 0.05) is 0 Å². The number of rotatable bonds is 3. The average Bonchev–Trinajstić information content (AvgIpc) is 2.36. The molecule has 17 heavy (non-hydrogen) atoms. The van der Waals surface area contributed by atoms with Gasteiger partial charge in [0.05, 0.1) is 0 Å². The SMILES string of the molecule is O=C=NC(=O)COc1ccc2c(c1)CCCC2. The van der Waals surface area contributed by atoms with Crippen LogP contribution in [0.25, 0.3) is 0 Å². The van der Waals surface area contributed by atoms with Crippen molar-refractivity contribution in [1.82, 2.24) is 0 Å². The van der Waals surface area contributed by atoms with Crippen molar-refractivity contribution < 1.29 is 14.3 Å². The number of isocyanates is 1. The maximum atomic E-state index is 11.0. The Morgan fingerprint density at radius 3 is 2.82 bits per heavy atom. The number of hydrogen-bond acceptors (Lipinski definition) is 3. The van der Waals surface area contributed by atoms with Crippen LogP contribution in [0.15, 0.2) is 23.2 Å². The fourth-order valence-corrected chi connectivity index (χ4v) is 2.03. The number of amides is 1. The summed E-state index contributed by atoms with van der Waals surface area (Å²) in [5, 5.41) is 0. The third-order valence-corrected chi connectivity index (χ3v) is 2.85. The molecule has 0 saturated heterocycles. The highest BCUT2D eigenvalue weighted by atomic mass is 16.5. The van der Waals surface area contributed by atoms with E-state index in [4.69, 9.17) is 4.74 Å². The summed E-state index contributed by atoms with van der Waals surface area (Å²) in [6.07, 6.45) is 5.81. The van der Waals surface area contributed by atoms with Crippen LogP contribution in [0, 0.1) is 0 Å². The Morgan fingerprint density at radius 1 is 1.29 bits per heavy atom. The minimum Gasteiger partial charge on any atom is -0.484 e. The van der Waals surface area contributed by atoms with Gasteiger partial charge in [-0.15, -0.1) is 4.99 Å². The summed E-state index contributed by atoms with van der Waals surface area (Å²) >= 11 is 0. The van der Waals surface area contributed by atoms with Gasteiger partial charge in [-0.2, -0.15) is 0 Å². The summed E-state index contributed by atoms with van der Waals surface area (Å²) in [4.78, 5) is 23.8. The summed E-state index contributed by atoms with van der Waals surface area (Å²) < 4.78 is 5.26. The number of carbonyl (C=O) groups excluding carboxylic acids is 2. The third-order valence-electron chi connectivity index (χ3n) is 2.85. The highest BCUT2D eigenvalue weighted by molar-refractivity contribution is 5.82. The minimum absolute atomic E-state index is 0.214. The van der Waals surface area contributed by atoms with E-state index in [2.05, 4.69) is 4.99 Å². The number of aliphatic imine (C=N–C) groups is 1. The average molecular weight is 231 g/mol. The van der Waals surface area contributed by atoms with Gasteiger partial charge in [0.15, 0.2) is 6.61 Å². The Labute approximate surface area is 99.3 Å². The zero-order valence-corrected chi connectivity index (χ0v) is 9.44. The molecule has 0 N–H and O–H groups in total. The molecule has 1 aromatic rings. The molecule has 1 aromatic carbocycles. The zero-order valence-electron chi connectivity index (χ0n) is 9.44. The van der Waals surface area contributed by atoms with Crippen molar-refractivity contribution in [2.75, 3.05) is 6.61 Å². The molecule has 1 amide bonds. The van der Waals surface area contributed by atoms with E-state index in [0.717, 1.165) is 12.8 Å². The van der Waals surface area contributed by atoms with E-state index in [9.17, 15) is 9.59 Å². The first-order valence-electron chi connectivity index (χ1n) is 5.65. The zero-order chi connectivity index (χ0) is 12.1. The quantitative estimate of drug-likeness (QED) is 0.588. The summed E-state index contributed by atoms with van der Waals surface area (Å²) in [7, 11) is 0. The van der Waals surface area contributed by atoms with Crippen LogP contribution in [0.3, 0.4) is 0 Å². The molecule has 2 rings (SSSR count). The maximum absolute atomic E-state index is 11.0. The fraction of sp³-hybridized carbons (Fsp3) is 0.385. The standard InChI is InChI=1S/C13H13NO3/c15-9-14-13(16)8-17-12-6-5-10-3-1-2-4-11(10)7-12/h5-7H,1-4,8H2. The van der Waals surface area contributed by atoms with Gasteiger partial charge in [-0.1, -0.05) is 6.07 Å². The topological polar surface area (TPSA) is 55.7 Å². The second kappa shape index (κ2) is 5.41. The van der Waals surface area contributed by atoms with Crippen LogP contribution < -0.4 is 4.74 Å². The van der Waals surface area contributed by atoms with Gasteiger partial charge in [-0.25, -0.2) is 4.79 Å². The molecule has 4 heteroatoms. The predicted octanol–water partition coefficient (Wildman–Crippen LogP) is 1.81. The number of ether oxygens (including phenoxy) is 1. The van der Waals surface area contributed by atoms with E-state index in [1.807, 2.05) is 18.2 Å². The van der Waals surface area contributed by atoms with Crippen molar-refractivity contribution in [3.63, 3.8) is 0 Å². The second-order valence-electron chi connectivity index (χ2n) is 4.02. The van der Waals surface area contributed by atoms with Crippen molar-refractivity contribution in [3.05, 3.63) is 29.3 Å². The molecule has 88 valence electrons. The number of hydrogen-bond donors (Lipinski definition) is 0. The molecule has 0 aromatic heterocycles. The molecule has 0 fully saturated rings. The van der Waals surface area contributed by atoms with E-state index in [0.29, 0.717) is 5.75 Å². The largest absolute Gasteiger partial charge is 0.484 e. The van der Waals surface area contributed by atoms with Crippen molar-refractivity contribution in [3.8, 4) is 5.75 Å². The first-order chi connectivity index (χ1) is 8.29. The first kappa shape index (κ1) is 11.6. The number of benzene rings is 1. The molecule has 1 aliphatic rings. The number of fused-ring (bicyclic) bond motifs is 1. The highest BCUT2D eigenvalue weighted by Crippen LogP contribution is 2.25. The normalized spacial score (nSPS) is 13.4. The van der Waals surface area contributed by atoms with Crippen LogP contribution >= 0.6 is 0 Å². The lowest BCUT2D eigenvalue weighted by Gasteiger charge is -2.16. The van der Waals surface area contributed by atoms with Crippen LogP contribution in [-0.2, 0) is 22.4 Å². The fourth-order valence-electron chi connectivity index (χ4n) is 2.03. The van der Waals surface area contributed by atoms with E-state index in [-0.39, 0.29) is 6.61 Å².